The van der Waals surface area contributed by atoms with Crippen LogP contribution in [0.25, 0.3) is 0 Å². The van der Waals surface area contributed by atoms with Gasteiger partial charge in [-0.05, 0) is 0 Å². The molecule has 27 heavy (non-hydrogen) atoms. The molecule has 0 saturated heterocycles. The third-order valence-electron chi connectivity index (χ3n) is 7.83. The molecule has 2 atom stereocenters. The van der Waals surface area contributed by atoms with Gasteiger partial charge in [0.05, 0.1) is 0 Å². The topological polar surface area (TPSA) is 0 Å². The molecular formula is C25H46SiSn. The average molecular weight is 493 g/mol. The minimum atomic E-state index is -2.13. The third-order valence-corrected chi connectivity index (χ3v) is 31.2. The van der Waals surface area contributed by atoms with E-state index in [2.05, 4.69) is 64.2 Å². The van der Waals surface area contributed by atoms with Crippen molar-refractivity contribution in [3.63, 3.8) is 0 Å². The van der Waals surface area contributed by atoms with Gasteiger partial charge in [0.15, 0.2) is 0 Å². The molecule has 1 aliphatic carbocycles. The van der Waals surface area contributed by atoms with Crippen molar-refractivity contribution >= 4 is 31.6 Å². The number of hydrogen-bond acceptors (Lipinski definition) is 0. The molecule has 0 nitrogen and oxygen atoms in total. The summed E-state index contributed by atoms with van der Waals surface area (Å²) in [7, 11) is -1.38. The van der Waals surface area contributed by atoms with Crippen molar-refractivity contribution in [1.29, 1.82) is 0 Å². The van der Waals surface area contributed by atoms with Gasteiger partial charge in [-0.3, -0.25) is 0 Å². The zero-order valence-electron chi connectivity index (χ0n) is 19.0. The molecule has 1 aliphatic rings. The van der Waals surface area contributed by atoms with Gasteiger partial charge in [0.2, 0.25) is 0 Å². The first-order valence-electron chi connectivity index (χ1n) is 12.1. The summed E-state index contributed by atoms with van der Waals surface area (Å²) in [4.78, 5) is 0. The summed E-state index contributed by atoms with van der Waals surface area (Å²) in [5.41, 5.74) is 1.07. The average Bonchev–Trinajstić information content (AvgIpc) is 3.20. The molecule has 0 unspecified atom stereocenters. The molecule has 1 aromatic carbocycles. The number of rotatable bonds is 12. The van der Waals surface area contributed by atoms with Crippen LogP contribution in [0.5, 0.6) is 0 Å². The van der Waals surface area contributed by atoms with Gasteiger partial charge in [-0.15, -0.1) is 0 Å². The van der Waals surface area contributed by atoms with Crippen molar-refractivity contribution in [2.75, 3.05) is 0 Å². The Balaban J connectivity index is 2.35. The van der Waals surface area contributed by atoms with E-state index >= 15 is 0 Å². The fraction of sp³-hybridized carbons (Fsp3) is 0.760. The molecule has 0 bridgehead atoms. The van der Waals surface area contributed by atoms with Gasteiger partial charge in [-0.25, -0.2) is 0 Å². The van der Waals surface area contributed by atoms with Crippen molar-refractivity contribution in [3.8, 4) is 0 Å². The molecule has 0 amide bonds. The zero-order chi connectivity index (χ0) is 19.8. The normalized spacial score (nSPS) is 20.9. The first kappa shape index (κ1) is 23.5. The summed E-state index contributed by atoms with van der Waals surface area (Å²) in [6.45, 7) is 12.7. The van der Waals surface area contributed by atoms with E-state index in [1.54, 1.807) is 31.3 Å². The zero-order valence-corrected chi connectivity index (χ0v) is 22.9. The van der Waals surface area contributed by atoms with Crippen LogP contribution in [-0.4, -0.2) is 26.5 Å². The van der Waals surface area contributed by atoms with Gasteiger partial charge < -0.3 is 0 Å². The van der Waals surface area contributed by atoms with E-state index in [1.807, 2.05) is 0 Å². The second kappa shape index (κ2) is 11.4. The summed E-state index contributed by atoms with van der Waals surface area (Å²) in [5, 5.41) is 1.73. The minimum absolute atomic E-state index is 1.07. The van der Waals surface area contributed by atoms with Crippen molar-refractivity contribution in [3.05, 3.63) is 30.3 Å². The molecule has 0 aliphatic heterocycles. The molecule has 2 heteroatoms. The molecule has 154 valence electrons. The maximum absolute atomic E-state index is 2.71. The third kappa shape index (κ3) is 5.87. The summed E-state index contributed by atoms with van der Waals surface area (Å²) in [6, 6.07) is 11.7. The van der Waals surface area contributed by atoms with Crippen molar-refractivity contribution in [2.45, 2.75) is 114 Å². The van der Waals surface area contributed by atoms with Gasteiger partial charge in [0, 0.05) is 0 Å². The molecule has 1 saturated carbocycles. The fourth-order valence-corrected chi connectivity index (χ4v) is 35.3. The first-order chi connectivity index (χ1) is 13.0. The SMILES string of the molecule is CCC[CH2][Sn]([CH2]CCC)([CH2]CCC)[C@@H]1CCC[C@H]1[Si](C)(C)c1ccccc1. The summed E-state index contributed by atoms with van der Waals surface area (Å²) in [6.07, 6.45) is 13.5. The standard InChI is InChI=1S/C13H19Si.3C4H9.Sn/c1-14(2,13-10-6-7-11-13)12-8-4-3-5-9-12;3*1-3-4-2;/h3-5,8-10,13H,6-7,11H2,1-2H3;3*1,3-4H2,2H3;/t13-;;;;/m0..../s1. The molecule has 0 spiro atoms. The van der Waals surface area contributed by atoms with Gasteiger partial charge in [0.1, 0.15) is 0 Å². The molecule has 0 radical (unpaired) electrons. The van der Waals surface area contributed by atoms with Crippen LogP contribution in [-0.2, 0) is 0 Å². The van der Waals surface area contributed by atoms with E-state index in [9.17, 15) is 0 Å². The summed E-state index contributed by atoms with van der Waals surface area (Å²) < 4.78 is 6.29. The van der Waals surface area contributed by atoms with E-state index < -0.39 is 26.5 Å². The number of unbranched alkanes of at least 4 members (excludes halogenated alkanes) is 3. The second-order valence-electron chi connectivity index (χ2n) is 9.90. The van der Waals surface area contributed by atoms with Gasteiger partial charge >= 0.3 is 176 Å². The van der Waals surface area contributed by atoms with E-state index in [0.29, 0.717) is 0 Å². The monoisotopic (exact) mass is 494 g/mol. The number of benzene rings is 1. The Labute approximate surface area is 175 Å². The summed E-state index contributed by atoms with van der Waals surface area (Å²) in [5.74, 6) is 0. The Hall–Kier alpha value is 0.236. The Kier molecular flexibility index (Phi) is 9.95. The molecule has 0 heterocycles. The Morgan fingerprint density at radius 2 is 1.33 bits per heavy atom. The van der Waals surface area contributed by atoms with Crippen LogP contribution in [0.2, 0.25) is 35.9 Å². The molecule has 2 rings (SSSR count). The van der Waals surface area contributed by atoms with Crippen LogP contribution in [0, 0.1) is 0 Å². The molecule has 1 aromatic rings. The van der Waals surface area contributed by atoms with Crippen LogP contribution in [0.1, 0.15) is 78.6 Å². The predicted octanol–water partition coefficient (Wildman–Crippen LogP) is 8.38. The van der Waals surface area contributed by atoms with Gasteiger partial charge in [0.25, 0.3) is 0 Å². The molecule has 0 aromatic heterocycles. The van der Waals surface area contributed by atoms with E-state index in [-0.39, 0.29) is 0 Å². The van der Waals surface area contributed by atoms with Gasteiger partial charge in [-0.2, -0.15) is 0 Å². The Morgan fingerprint density at radius 3 is 1.81 bits per heavy atom. The molecule has 0 N–H and O–H groups in total. The first-order valence-corrected chi connectivity index (χ1v) is 22.8. The van der Waals surface area contributed by atoms with Crippen LogP contribution in [0.15, 0.2) is 30.3 Å². The summed E-state index contributed by atoms with van der Waals surface area (Å²) >= 11 is -2.13. The van der Waals surface area contributed by atoms with Crippen LogP contribution in [0.3, 0.4) is 0 Å². The van der Waals surface area contributed by atoms with Crippen molar-refractivity contribution in [1.82, 2.24) is 0 Å². The second-order valence-corrected chi connectivity index (χ2v) is 28.8. The van der Waals surface area contributed by atoms with Gasteiger partial charge in [-0.1, -0.05) is 0 Å². The van der Waals surface area contributed by atoms with E-state index in [4.69, 9.17) is 0 Å². The predicted molar refractivity (Wildman–Crippen MR) is 130 cm³/mol. The number of hydrogen-bond donors (Lipinski definition) is 0. The van der Waals surface area contributed by atoms with Crippen molar-refractivity contribution < 1.29 is 0 Å². The molecular weight excluding hydrogens is 447 g/mol. The maximum atomic E-state index is 2.71. The molecule has 1 fully saturated rings. The Morgan fingerprint density at radius 1 is 0.815 bits per heavy atom. The quantitative estimate of drug-likeness (QED) is 0.257. The Bertz CT molecular complexity index is 503. The van der Waals surface area contributed by atoms with E-state index in [1.165, 1.54) is 48.9 Å². The van der Waals surface area contributed by atoms with Crippen LogP contribution < -0.4 is 5.19 Å². The van der Waals surface area contributed by atoms with E-state index in [0.717, 1.165) is 5.54 Å². The van der Waals surface area contributed by atoms with Crippen LogP contribution in [0.4, 0.5) is 0 Å². The van der Waals surface area contributed by atoms with Crippen molar-refractivity contribution in [2.24, 2.45) is 0 Å². The van der Waals surface area contributed by atoms with Crippen LogP contribution >= 0.6 is 0 Å². The fourth-order valence-electron chi connectivity index (χ4n) is 6.16.